The lowest BCUT2D eigenvalue weighted by molar-refractivity contribution is 0.0905. The molecular formula is C14H15BrO3. The Morgan fingerprint density at radius 1 is 1.33 bits per heavy atom. The molecule has 1 unspecified atom stereocenters. The molecule has 1 aromatic rings. The van der Waals surface area contributed by atoms with Gasteiger partial charge in [0, 0.05) is 11.5 Å². The molecule has 96 valence electrons. The Labute approximate surface area is 115 Å². The molecule has 0 bridgehead atoms. The van der Waals surface area contributed by atoms with Gasteiger partial charge in [-0.05, 0) is 39.9 Å². The Morgan fingerprint density at radius 2 is 2.06 bits per heavy atom. The van der Waals surface area contributed by atoms with Crippen LogP contribution in [0.1, 0.15) is 29.8 Å². The molecular weight excluding hydrogens is 296 g/mol. The molecule has 3 rings (SSSR count). The largest absolute Gasteiger partial charge is 0.486 e. The summed E-state index contributed by atoms with van der Waals surface area (Å²) in [5.74, 6) is 2.11. The Hall–Kier alpha value is -1.03. The summed E-state index contributed by atoms with van der Waals surface area (Å²) in [4.78, 5) is 12.4. The molecule has 1 aromatic carbocycles. The van der Waals surface area contributed by atoms with E-state index in [9.17, 15) is 4.79 Å². The first-order valence-corrected chi connectivity index (χ1v) is 7.04. The summed E-state index contributed by atoms with van der Waals surface area (Å²) in [6.45, 7) is 5.29. The normalized spacial score (nSPS) is 21.3. The van der Waals surface area contributed by atoms with Gasteiger partial charge in [0.05, 0.1) is 4.47 Å². The highest BCUT2D eigenvalue weighted by atomic mass is 79.9. The van der Waals surface area contributed by atoms with Crippen molar-refractivity contribution in [3.05, 3.63) is 21.7 Å². The van der Waals surface area contributed by atoms with E-state index >= 15 is 0 Å². The van der Waals surface area contributed by atoms with Crippen molar-refractivity contribution in [1.29, 1.82) is 0 Å². The summed E-state index contributed by atoms with van der Waals surface area (Å²) in [7, 11) is 0. The van der Waals surface area contributed by atoms with Crippen molar-refractivity contribution < 1.29 is 14.3 Å². The van der Waals surface area contributed by atoms with Crippen molar-refractivity contribution in [2.75, 3.05) is 13.2 Å². The van der Waals surface area contributed by atoms with Crippen LogP contribution in [-0.4, -0.2) is 19.0 Å². The fourth-order valence-corrected chi connectivity index (χ4v) is 3.34. The summed E-state index contributed by atoms with van der Waals surface area (Å²) in [6, 6.07) is 1.85. The van der Waals surface area contributed by atoms with Gasteiger partial charge >= 0.3 is 0 Å². The van der Waals surface area contributed by atoms with Gasteiger partial charge in [0.2, 0.25) is 0 Å². The highest BCUT2D eigenvalue weighted by Gasteiger charge is 2.36. The molecule has 0 radical (unpaired) electrons. The highest BCUT2D eigenvalue weighted by Crippen LogP contribution is 2.46. The molecule has 1 heterocycles. The van der Waals surface area contributed by atoms with E-state index in [0.717, 1.165) is 27.8 Å². The van der Waals surface area contributed by atoms with Gasteiger partial charge in [-0.1, -0.05) is 13.8 Å². The molecule has 1 aliphatic carbocycles. The minimum absolute atomic E-state index is 0.0835. The maximum Gasteiger partial charge on any atom is 0.175 e. The Balaban J connectivity index is 2.11. The highest BCUT2D eigenvalue weighted by molar-refractivity contribution is 9.10. The minimum atomic E-state index is 0.0835. The summed E-state index contributed by atoms with van der Waals surface area (Å²) in [5.41, 5.74) is 1.87. The van der Waals surface area contributed by atoms with Crippen LogP contribution in [0.5, 0.6) is 11.5 Å². The van der Waals surface area contributed by atoms with E-state index in [1.165, 1.54) is 0 Å². The summed E-state index contributed by atoms with van der Waals surface area (Å²) < 4.78 is 12.1. The number of carbonyl (C=O) groups excluding carboxylic acids is 1. The van der Waals surface area contributed by atoms with Crippen molar-refractivity contribution in [3.8, 4) is 11.5 Å². The molecule has 0 saturated heterocycles. The quantitative estimate of drug-likeness (QED) is 0.799. The van der Waals surface area contributed by atoms with Crippen LogP contribution in [0.4, 0.5) is 0 Å². The number of rotatable bonds is 1. The van der Waals surface area contributed by atoms with Gasteiger partial charge in [-0.2, -0.15) is 0 Å². The monoisotopic (exact) mass is 310 g/mol. The van der Waals surface area contributed by atoms with E-state index in [4.69, 9.17) is 9.47 Å². The second kappa shape index (κ2) is 4.26. The molecule has 2 aliphatic rings. The summed E-state index contributed by atoms with van der Waals surface area (Å²) in [6.07, 6.45) is 0.795. The second-order valence-corrected chi connectivity index (χ2v) is 5.95. The van der Waals surface area contributed by atoms with Gasteiger partial charge in [0.15, 0.2) is 17.3 Å². The maximum absolute atomic E-state index is 12.4. The van der Waals surface area contributed by atoms with E-state index < -0.39 is 0 Å². The number of hydrogen-bond donors (Lipinski definition) is 0. The van der Waals surface area contributed by atoms with Crippen molar-refractivity contribution in [1.82, 2.24) is 0 Å². The van der Waals surface area contributed by atoms with E-state index in [0.29, 0.717) is 24.9 Å². The predicted octanol–water partition coefficient (Wildman–Crippen LogP) is 3.23. The zero-order valence-electron chi connectivity index (χ0n) is 10.5. The van der Waals surface area contributed by atoms with E-state index in [1.807, 2.05) is 6.07 Å². The van der Waals surface area contributed by atoms with Gasteiger partial charge in [0.1, 0.15) is 13.2 Å². The second-order valence-electron chi connectivity index (χ2n) is 5.16. The van der Waals surface area contributed by atoms with Crippen molar-refractivity contribution in [3.63, 3.8) is 0 Å². The number of Topliss-reactive ketones (excluding diaryl/α,β-unsaturated/α-hetero) is 1. The lowest BCUT2D eigenvalue weighted by Gasteiger charge is -2.21. The topological polar surface area (TPSA) is 35.5 Å². The fourth-order valence-electron chi connectivity index (χ4n) is 2.65. The van der Waals surface area contributed by atoms with Crippen LogP contribution in [0.15, 0.2) is 10.5 Å². The molecule has 1 atom stereocenters. The number of hydrogen-bond acceptors (Lipinski definition) is 3. The molecule has 0 aromatic heterocycles. The first-order chi connectivity index (χ1) is 8.59. The van der Waals surface area contributed by atoms with Gasteiger partial charge in [-0.3, -0.25) is 4.79 Å². The van der Waals surface area contributed by atoms with Crippen LogP contribution >= 0.6 is 15.9 Å². The first-order valence-electron chi connectivity index (χ1n) is 6.24. The standard InChI is InChI=1S/C14H15BrO3/c1-7(2)8-5-9-10(13(8)16)6-11-14(12(9)15)18-4-3-17-11/h6-8H,3-5H2,1-2H3. The lowest BCUT2D eigenvalue weighted by atomic mass is 9.92. The van der Waals surface area contributed by atoms with Crippen molar-refractivity contribution in [2.45, 2.75) is 20.3 Å². The zero-order chi connectivity index (χ0) is 12.9. The molecule has 0 amide bonds. The molecule has 3 nitrogen and oxygen atoms in total. The smallest absolute Gasteiger partial charge is 0.175 e. The Morgan fingerprint density at radius 3 is 2.78 bits per heavy atom. The first kappa shape index (κ1) is 12.0. The minimum Gasteiger partial charge on any atom is -0.486 e. The van der Waals surface area contributed by atoms with Gasteiger partial charge in [0.25, 0.3) is 0 Å². The van der Waals surface area contributed by atoms with Crippen molar-refractivity contribution >= 4 is 21.7 Å². The molecule has 4 heteroatoms. The van der Waals surface area contributed by atoms with Gasteiger partial charge in [-0.25, -0.2) is 0 Å². The average Bonchev–Trinajstić information content (AvgIpc) is 2.68. The SMILES string of the molecule is CC(C)C1Cc2c(cc3c(c2Br)OCCO3)C1=O. The summed E-state index contributed by atoms with van der Waals surface area (Å²) >= 11 is 3.56. The van der Waals surface area contributed by atoms with E-state index in [-0.39, 0.29) is 11.7 Å². The predicted molar refractivity (Wildman–Crippen MR) is 71.5 cm³/mol. The Kier molecular flexibility index (Phi) is 2.85. The molecule has 0 spiro atoms. The third-order valence-electron chi connectivity index (χ3n) is 3.71. The molecule has 0 fully saturated rings. The van der Waals surface area contributed by atoms with Crippen LogP contribution < -0.4 is 9.47 Å². The van der Waals surface area contributed by atoms with Crippen LogP contribution in [0.25, 0.3) is 0 Å². The van der Waals surface area contributed by atoms with Crippen molar-refractivity contribution in [2.24, 2.45) is 11.8 Å². The molecule has 18 heavy (non-hydrogen) atoms. The maximum atomic E-state index is 12.4. The van der Waals surface area contributed by atoms with Crippen LogP contribution in [0.2, 0.25) is 0 Å². The number of fused-ring (bicyclic) bond motifs is 2. The summed E-state index contributed by atoms with van der Waals surface area (Å²) in [5, 5.41) is 0. The van der Waals surface area contributed by atoms with E-state index in [2.05, 4.69) is 29.8 Å². The lowest BCUT2D eigenvalue weighted by Crippen LogP contribution is -2.17. The van der Waals surface area contributed by atoms with Gasteiger partial charge < -0.3 is 9.47 Å². The number of benzene rings is 1. The van der Waals surface area contributed by atoms with Crippen LogP contribution in [0, 0.1) is 11.8 Å². The number of halogens is 1. The zero-order valence-corrected chi connectivity index (χ0v) is 12.0. The number of ketones is 1. The molecule has 1 aliphatic heterocycles. The molecule has 0 saturated carbocycles. The third kappa shape index (κ3) is 1.66. The van der Waals surface area contributed by atoms with Crippen LogP contribution in [0.3, 0.4) is 0 Å². The number of ether oxygens (including phenoxy) is 2. The van der Waals surface area contributed by atoms with Crippen LogP contribution in [-0.2, 0) is 6.42 Å². The Bertz CT molecular complexity index is 522. The fraction of sp³-hybridized carbons (Fsp3) is 0.500. The molecule has 0 N–H and O–H groups in total. The number of carbonyl (C=O) groups is 1. The average molecular weight is 311 g/mol. The third-order valence-corrected chi connectivity index (χ3v) is 4.55. The van der Waals surface area contributed by atoms with E-state index in [1.54, 1.807) is 0 Å². The van der Waals surface area contributed by atoms with Gasteiger partial charge in [-0.15, -0.1) is 0 Å².